The van der Waals surface area contributed by atoms with Crippen LogP contribution in [-0.4, -0.2) is 28.5 Å². The smallest absolute Gasteiger partial charge is 0.399 e. The van der Waals surface area contributed by atoms with E-state index < -0.39 is 0 Å². The molecule has 1 aromatic heterocycles. The van der Waals surface area contributed by atoms with E-state index in [1.54, 1.807) is 12.4 Å². The standard InChI is InChI=1S/C9H15BN2O2.CH4/c1-8(2)9(3,4)14-10(13-8)7-5-11-12-6-7;/h5-6H,1-4H3,(H,11,12);1H4. The average Bonchev–Trinajstić information content (AvgIpc) is 2.58. The molecule has 1 aliphatic rings. The minimum Gasteiger partial charge on any atom is -0.399 e. The first-order valence-electron chi connectivity index (χ1n) is 4.77. The van der Waals surface area contributed by atoms with Crippen molar-refractivity contribution in [3.05, 3.63) is 12.4 Å². The summed E-state index contributed by atoms with van der Waals surface area (Å²) in [5.74, 6) is 0. The van der Waals surface area contributed by atoms with Gasteiger partial charge >= 0.3 is 7.12 Å². The van der Waals surface area contributed by atoms with Crippen LogP contribution < -0.4 is 5.46 Å². The van der Waals surface area contributed by atoms with E-state index >= 15 is 0 Å². The maximum atomic E-state index is 5.83. The molecule has 0 aliphatic carbocycles. The number of rotatable bonds is 1. The highest BCUT2D eigenvalue weighted by atomic mass is 16.7. The van der Waals surface area contributed by atoms with Gasteiger partial charge in [-0.05, 0) is 27.7 Å². The lowest BCUT2D eigenvalue weighted by molar-refractivity contribution is 0.00578. The molecule has 1 N–H and O–H groups in total. The van der Waals surface area contributed by atoms with E-state index in [0.717, 1.165) is 5.46 Å². The minimum atomic E-state index is -0.307. The SMILES string of the molecule is C.CC1(C)OB(c2cn[nH]c2)OC1(C)C. The Bertz CT molecular complexity index is 306. The lowest BCUT2D eigenvalue weighted by atomic mass is 9.82. The van der Waals surface area contributed by atoms with Crippen LogP contribution in [0.2, 0.25) is 0 Å². The van der Waals surface area contributed by atoms with Gasteiger partial charge in [0.15, 0.2) is 0 Å². The van der Waals surface area contributed by atoms with Crippen LogP contribution >= 0.6 is 0 Å². The summed E-state index contributed by atoms with van der Waals surface area (Å²) >= 11 is 0. The lowest BCUT2D eigenvalue weighted by Crippen LogP contribution is -2.41. The van der Waals surface area contributed by atoms with Gasteiger partial charge in [-0.25, -0.2) is 0 Å². The van der Waals surface area contributed by atoms with Crippen molar-refractivity contribution in [2.45, 2.75) is 46.3 Å². The minimum absolute atomic E-state index is 0. The molecular weight excluding hydrogens is 191 g/mol. The Morgan fingerprint density at radius 2 is 1.73 bits per heavy atom. The van der Waals surface area contributed by atoms with Crippen LogP contribution in [0, 0.1) is 0 Å². The molecule has 2 rings (SSSR count). The largest absolute Gasteiger partial charge is 0.498 e. The van der Waals surface area contributed by atoms with E-state index in [2.05, 4.69) is 10.2 Å². The van der Waals surface area contributed by atoms with Crippen molar-refractivity contribution in [1.29, 1.82) is 0 Å². The van der Waals surface area contributed by atoms with E-state index in [-0.39, 0.29) is 25.7 Å². The van der Waals surface area contributed by atoms with E-state index in [1.807, 2.05) is 27.7 Å². The van der Waals surface area contributed by atoms with Gasteiger partial charge in [0.25, 0.3) is 0 Å². The number of nitrogens with one attached hydrogen (secondary N) is 1. The van der Waals surface area contributed by atoms with Gasteiger partial charge in [0.2, 0.25) is 0 Å². The Labute approximate surface area is 91.5 Å². The number of nitrogens with zero attached hydrogens (tertiary/aromatic N) is 1. The fourth-order valence-corrected chi connectivity index (χ4v) is 1.37. The molecule has 0 radical (unpaired) electrons. The van der Waals surface area contributed by atoms with E-state index in [1.165, 1.54) is 0 Å². The molecule has 0 saturated carbocycles. The Kier molecular flexibility index (Phi) is 2.98. The summed E-state index contributed by atoms with van der Waals surface area (Å²) in [5, 5.41) is 6.63. The summed E-state index contributed by atoms with van der Waals surface area (Å²) in [5.41, 5.74) is 0.368. The molecule has 0 aromatic carbocycles. The molecule has 84 valence electrons. The van der Waals surface area contributed by atoms with Gasteiger partial charge in [-0.2, -0.15) is 5.10 Å². The van der Waals surface area contributed by atoms with Crippen LogP contribution in [0.4, 0.5) is 0 Å². The summed E-state index contributed by atoms with van der Waals surface area (Å²) in [7, 11) is -0.307. The third-order valence-electron chi connectivity index (χ3n) is 3.04. The molecule has 1 aromatic rings. The molecule has 0 spiro atoms. The summed E-state index contributed by atoms with van der Waals surface area (Å²) in [6, 6.07) is 0. The zero-order chi connectivity index (χ0) is 10.4. The average molecular weight is 210 g/mol. The van der Waals surface area contributed by atoms with Crippen LogP contribution in [0.25, 0.3) is 0 Å². The first-order valence-corrected chi connectivity index (χ1v) is 4.77. The Morgan fingerprint density at radius 1 is 1.20 bits per heavy atom. The predicted molar refractivity (Wildman–Crippen MR) is 61.0 cm³/mol. The van der Waals surface area contributed by atoms with Gasteiger partial charge in [0.05, 0.1) is 11.2 Å². The summed E-state index contributed by atoms with van der Waals surface area (Å²) in [6.45, 7) is 8.14. The number of aromatic nitrogens is 2. The molecule has 4 nitrogen and oxygen atoms in total. The summed E-state index contributed by atoms with van der Waals surface area (Å²) in [4.78, 5) is 0. The second kappa shape index (κ2) is 3.65. The normalized spacial score (nSPS) is 22.5. The maximum absolute atomic E-state index is 5.83. The fraction of sp³-hybridized carbons (Fsp3) is 0.700. The third kappa shape index (κ3) is 1.94. The summed E-state index contributed by atoms with van der Waals surface area (Å²) in [6.07, 6.45) is 3.52. The zero-order valence-electron chi connectivity index (χ0n) is 9.00. The number of H-pyrrole nitrogens is 1. The molecule has 1 aliphatic heterocycles. The maximum Gasteiger partial charge on any atom is 0.498 e. The van der Waals surface area contributed by atoms with Crippen LogP contribution in [0.5, 0.6) is 0 Å². The van der Waals surface area contributed by atoms with Crippen molar-refractivity contribution in [3.8, 4) is 0 Å². The van der Waals surface area contributed by atoms with Crippen LogP contribution in [0.15, 0.2) is 12.4 Å². The monoisotopic (exact) mass is 210 g/mol. The highest BCUT2D eigenvalue weighted by molar-refractivity contribution is 6.61. The van der Waals surface area contributed by atoms with Crippen molar-refractivity contribution < 1.29 is 9.31 Å². The van der Waals surface area contributed by atoms with E-state index in [9.17, 15) is 0 Å². The molecule has 0 amide bonds. The second-order valence-corrected chi connectivity index (χ2v) is 4.62. The first kappa shape index (κ1) is 12.3. The topological polar surface area (TPSA) is 47.1 Å². The molecule has 2 heterocycles. The quantitative estimate of drug-likeness (QED) is 0.711. The van der Waals surface area contributed by atoms with Gasteiger partial charge in [-0.15, -0.1) is 0 Å². The molecule has 0 atom stereocenters. The van der Waals surface area contributed by atoms with Crippen molar-refractivity contribution in [2.24, 2.45) is 0 Å². The highest BCUT2D eigenvalue weighted by Gasteiger charge is 2.51. The molecule has 1 saturated heterocycles. The molecule has 15 heavy (non-hydrogen) atoms. The molecule has 5 heteroatoms. The van der Waals surface area contributed by atoms with Crippen molar-refractivity contribution in [3.63, 3.8) is 0 Å². The van der Waals surface area contributed by atoms with Gasteiger partial charge in [-0.3, -0.25) is 5.10 Å². The number of hydrogen-bond acceptors (Lipinski definition) is 3. The summed E-state index contributed by atoms with van der Waals surface area (Å²) < 4.78 is 11.7. The third-order valence-corrected chi connectivity index (χ3v) is 3.04. The molecular formula is C10H19BN2O2. The Balaban J connectivity index is 0.00000112. The predicted octanol–water partition coefficient (Wildman–Crippen LogP) is 1.34. The van der Waals surface area contributed by atoms with Crippen LogP contribution in [0.3, 0.4) is 0 Å². The second-order valence-electron chi connectivity index (χ2n) is 4.62. The van der Waals surface area contributed by atoms with Crippen molar-refractivity contribution in [1.82, 2.24) is 10.2 Å². The number of hydrogen-bond donors (Lipinski definition) is 1. The highest BCUT2D eigenvalue weighted by Crippen LogP contribution is 2.36. The van der Waals surface area contributed by atoms with Gasteiger partial charge < -0.3 is 9.31 Å². The lowest BCUT2D eigenvalue weighted by Gasteiger charge is -2.32. The Morgan fingerprint density at radius 3 is 2.13 bits per heavy atom. The van der Waals surface area contributed by atoms with Gasteiger partial charge in [-0.1, -0.05) is 7.43 Å². The van der Waals surface area contributed by atoms with Crippen molar-refractivity contribution >= 4 is 12.6 Å². The first-order chi connectivity index (χ1) is 6.42. The van der Waals surface area contributed by atoms with E-state index in [4.69, 9.17) is 9.31 Å². The van der Waals surface area contributed by atoms with Gasteiger partial charge in [0, 0.05) is 17.9 Å². The zero-order valence-corrected chi connectivity index (χ0v) is 9.00. The van der Waals surface area contributed by atoms with Crippen LogP contribution in [-0.2, 0) is 9.31 Å². The number of aromatic amines is 1. The Hall–Kier alpha value is -0.805. The van der Waals surface area contributed by atoms with Crippen molar-refractivity contribution in [2.75, 3.05) is 0 Å². The van der Waals surface area contributed by atoms with E-state index in [0.29, 0.717) is 0 Å². The molecule has 0 unspecified atom stereocenters. The van der Waals surface area contributed by atoms with Crippen LogP contribution in [0.1, 0.15) is 35.1 Å². The molecule has 0 bridgehead atoms. The molecule has 1 fully saturated rings. The van der Waals surface area contributed by atoms with Gasteiger partial charge in [0.1, 0.15) is 0 Å². The fourth-order valence-electron chi connectivity index (χ4n) is 1.37.